The smallest absolute Gasteiger partial charge is 0.387 e. The molecule has 1 aromatic carbocycles. The summed E-state index contributed by atoms with van der Waals surface area (Å²) < 4.78 is 33.8. The zero-order chi connectivity index (χ0) is 13.7. The summed E-state index contributed by atoms with van der Waals surface area (Å²) >= 11 is 1.71. The van der Waals surface area contributed by atoms with Crippen molar-refractivity contribution in [2.75, 3.05) is 6.61 Å². The first-order valence-corrected chi connectivity index (χ1v) is 5.93. The molecule has 4 nitrogen and oxygen atoms in total. The highest BCUT2D eigenvalue weighted by molar-refractivity contribution is 14.1. The molecule has 0 aliphatic rings. The molecule has 0 radical (unpaired) electrons. The first-order valence-electron chi connectivity index (χ1n) is 4.85. The Hall–Kier alpha value is -1.43. The number of nitriles is 1. The molecular weight excluding hydrogens is 359 g/mol. The van der Waals surface area contributed by atoms with Gasteiger partial charge in [-0.3, -0.25) is 0 Å². The van der Waals surface area contributed by atoms with Gasteiger partial charge in [0.05, 0.1) is 21.8 Å². The van der Waals surface area contributed by atoms with Crippen LogP contribution in [0.5, 0.6) is 5.75 Å². The zero-order valence-electron chi connectivity index (χ0n) is 9.25. The Balaban J connectivity index is 3.29. The molecule has 0 spiro atoms. The maximum absolute atomic E-state index is 12.3. The van der Waals surface area contributed by atoms with Gasteiger partial charge in [0.15, 0.2) is 5.75 Å². The fourth-order valence-corrected chi connectivity index (χ4v) is 1.98. The highest BCUT2D eigenvalue weighted by Crippen LogP contribution is 2.29. The Bertz CT molecular complexity index is 500. The summed E-state index contributed by atoms with van der Waals surface area (Å²) in [6.07, 6.45) is 0. The van der Waals surface area contributed by atoms with Crippen LogP contribution in [0.3, 0.4) is 0 Å². The molecule has 1 aromatic rings. The highest BCUT2D eigenvalue weighted by atomic mass is 127. The van der Waals surface area contributed by atoms with E-state index in [0.717, 1.165) is 6.07 Å². The van der Waals surface area contributed by atoms with Crippen LogP contribution in [0.2, 0.25) is 0 Å². The molecule has 0 aliphatic carbocycles. The topological polar surface area (TPSA) is 59.3 Å². The second-order valence-electron chi connectivity index (χ2n) is 3.05. The van der Waals surface area contributed by atoms with Gasteiger partial charge in [-0.1, -0.05) is 0 Å². The van der Waals surface area contributed by atoms with E-state index in [4.69, 9.17) is 10.00 Å². The van der Waals surface area contributed by atoms with Crippen molar-refractivity contribution in [2.45, 2.75) is 13.5 Å². The number of hydrogen-bond acceptors (Lipinski definition) is 4. The molecular formula is C11H8F2INO3. The van der Waals surface area contributed by atoms with E-state index in [0.29, 0.717) is 0 Å². The Morgan fingerprint density at radius 1 is 1.56 bits per heavy atom. The average molecular weight is 367 g/mol. The summed E-state index contributed by atoms with van der Waals surface area (Å²) in [4.78, 5) is 11.6. The van der Waals surface area contributed by atoms with Crippen molar-refractivity contribution < 1.29 is 23.0 Å². The van der Waals surface area contributed by atoms with Crippen molar-refractivity contribution in [3.8, 4) is 11.8 Å². The molecule has 0 bridgehead atoms. The van der Waals surface area contributed by atoms with Crippen molar-refractivity contribution >= 4 is 28.6 Å². The van der Waals surface area contributed by atoms with E-state index in [-0.39, 0.29) is 27.1 Å². The maximum atomic E-state index is 12.3. The predicted octanol–water partition coefficient (Wildman–Crippen LogP) is 2.94. The SMILES string of the molecule is CCOC(=O)c1cc(C#N)cc(I)c1OC(F)F. The van der Waals surface area contributed by atoms with E-state index in [9.17, 15) is 13.6 Å². The molecule has 1 rings (SSSR count). The molecule has 0 atom stereocenters. The Kier molecular flexibility index (Phi) is 5.27. The summed E-state index contributed by atoms with van der Waals surface area (Å²) in [7, 11) is 0. The van der Waals surface area contributed by atoms with Gasteiger partial charge in [0.25, 0.3) is 0 Å². The third-order valence-corrected chi connectivity index (χ3v) is 2.68. The summed E-state index contributed by atoms with van der Waals surface area (Å²) in [6, 6.07) is 4.34. The highest BCUT2D eigenvalue weighted by Gasteiger charge is 2.21. The van der Waals surface area contributed by atoms with Gasteiger partial charge in [0, 0.05) is 0 Å². The molecule has 96 valence electrons. The van der Waals surface area contributed by atoms with Crippen LogP contribution < -0.4 is 4.74 Å². The van der Waals surface area contributed by atoms with Crippen LogP contribution in [0, 0.1) is 14.9 Å². The number of carbonyl (C=O) groups is 1. The number of ether oxygens (including phenoxy) is 2. The third-order valence-electron chi connectivity index (χ3n) is 1.87. The largest absolute Gasteiger partial charge is 0.462 e. The second-order valence-corrected chi connectivity index (χ2v) is 4.21. The predicted molar refractivity (Wildman–Crippen MR) is 66.5 cm³/mol. The zero-order valence-corrected chi connectivity index (χ0v) is 11.4. The van der Waals surface area contributed by atoms with E-state index in [1.165, 1.54) is 6.07 Å². The normalized spacial score (nSPS) is 10.0. The molecule has 0 unspecified atom stereocenters. The van der Waals surface area contributed by atoms with Crippen molar-refractivity contribution in [1.82, 2.24) is 0 Å². The first kappa shape index (κ1) is 14.6. The molecule has 0 amide bonds. The van der Waals surface area contributed by atoms with Gasteiger partial charge >= 0.3 is 12.6 Å². The number of rotatable bonds is 4. The minimum Gasteiger partial charge on any atom is -0.462 e. The van der Waals surface area contributed by atoms with Crippen molar-refractivity contribution in [3.05, 3.63) is 26.8 Å². The van der Waals surface area contributed by atoms with Crippen LogP contribution in [0.1, 0.15) is 22.8 Å². The number of carbonyl (C=O) groups excluding carboxylic acids is 1. The standard InChI is InChI=1S/C11H8F2INO3/c1-2-17-10(16)7-3-6(5-15)4-8(14)9(7)18-11(12)13/h3-4,11H,2H2,1H3. The number of benzene rings is 1. The second kappa shape index (κ2) is 6.49. The summed E-state index contributed by atoms with van der Waals surface area (Å²) in [5, 5.41) is 8.78. The molecule has 0 fully saturated rings. The van der Waals surface area contributed by atoms with Crippen LogP contribution in [0.25, 0.3) is 0 Å². The Morgan fingerprint density at radius 3 is 2.72 bits per heavy atom. The van der Waals surface area contributed by atoms with Crippen molar-refractivity contribution in [2.24, 2.45) is 0 Å². The first-order chi connectivity index (χ1) is 8.49. The van der Waals surface area contributed by atoms with Gasteiger partial charge in [-0.15, -0.1) is 0 Å². The quantitative estimate of drug-likeness (QED) is 0.607. The van der Waals surface area contributed by atoms with Crippen molar-refractivity contribution in [1.29, 1.82) is 5.26 Å². The minimum absolute atomic E-state index is 0.0975. The van der Waals surface area contributed by atoms with Gasteiger partial charge in [-0.2, -0.15) is 14.0 Å². The molecule has 0 N–H and O–H groups in total. The Labute approximate surface area is 116 Å². The minimum atomic E-state index is -3.06. The van der Waals surface area contributed by atoms with Crippen LogP contribution in [-0.2, 0) is 4.74 Å². The summed E-state index contributed by atoms with van der Waals surface area (Å²) in [6.45, 7) is -1.37. The van der Waals surface area contributed by atoms with Gasteiger partial charge in [0.2, 0.25) is 0 Å². The third kappa shape index (κ3) is 3.53. The maximum Gasteiger partial charge on any atom is 0.387 e. The van der Waals surface area contributed by atoms with E-state index in [1.54, 1.807) is 29.5 Å². The van der Waals surface area contributed by atoms with Crippen molar-refractivity contribution in [3.63, 3.8) is 0 Å². The molecule has 18 heavy (non-hydrogen) atoms. The summed E-state index contributed by atoms with van der Waals surface area (Å²) in [5.74, 6) is -1.08. The van der Waals surface area contributed by atoms with Gasteiger partial charge < -0.3 is 9.47 Å². The van der Waals surface area contributed by atoms with Gasteiger partial charge in [0.1, 0.15) is 5.56 Å². The number of esters is 1. The molecule has 0 saturated heterocycles. The van der Waals surface area contributed by atoms with Gasteiger partial charge in [-0.25, -0.2) is 4.79 Å². The van der Waals surface area contributed by atoms with E-state index in [1.807, 2.05) is 6.07 Å². The fraction of sp³-hybridized carbons (Fsp3) is 0.273. The number of hydrogen-bond donors (Lipinski definition) is 0. The lowest BCUT2D eigenvalue weighted by Crippen LogP contribution is -2.12. The monoisotopic (exact) mass is 367 g/mol. The molecule has 0 aliphatic heterocycles. The Morgan fingerprint density at radius 2 is 2.22 bits per heavy atom. The molecule has 0 aromatic heterocycles. The average Bonchev–Trinajstić information content (AvgIpc) is 2.31. The molecule has 7 heteroatoms. The van der Waals surface area contributed by atoms with Crippen LogP contribution >= 0.6 is 22.6 Å². The van der Waals surface area contributed by atoms with E-state index in [2.05, 4.69) is 4.74 Å². The molecule has 0 heterocycles. The van der Waals surface area contributed by atoms with Crippen LogP contribution in [0.15, 0.2) is 12.1 Å². The van der Waals surface area contributed by atoms with Crippen LogP contribution in [-0.4, -0.2) is 19.2 Å². The van der Waals surface area contributed by atoms with Crippen LogP contribution in [0.4, 0.5) is 8.78 Å². The number of nitrogens with zero attached hydrogens (tertiary/aromatic N) is 1. The lowest BCUT2D eigenvalue weighted by atomic mass is 10.1. The number of alkyl halides is 2. The molecule has 0 saturated carbocycles. The summed E-state index contributed by atoms with van der Waals surface area (Å²) in [5.41, 5.74) is -0.00957. The van der Waals surface area contributed by atoms with E-state index >= 15 is 0 Å². The fourth-order valence-electron chi connectivity index (χ4n) is 1.23. The lowest BCUT2D eigenvalue weighted by Gasteiger charge is -2.12. The van der Waals surface area contributed by atoms with E-state index < -0.39 is 12.6 Å². The number of halogens is 3. The lowest BCUT2D eigenvalue weighted by molar-refractivity contribution is -0.0510. The van der Waals surface area contributed by atoms with Gasteiger partial charge in [-0.05, 0) is 41.6 Å².